The Morgan fingerprint density at radius 1 is 1.33 bits per heavy atom. The van der Waals surface area contributed by atoms with Crippen molar-refractivity contribution in [3.63, 3.8) is 0 Å². The van der Waals surface area contributed by atoms with Gasteiger partial charge in [-0.3, -0.25) is 4.79 Å². The summed E-state index contributed by atoms with van der Waals surface area (Å²) in [6.45, 7) is 6.02. The molecule has 1 fully saturated rings. The van der Waals surface area contributed by atoms with Crippen molar-refractivity contribution in [2.24, 2.45) is 0 Å². The summed E-state index contributed by atoms with van der Waals surface area (Å²) in [7, 11) is 0. The van der Waals surface area contributed by atoms with Gasteiger partial charge in [-0.05, 0) is 50.2 Å². The summed E-state index contributed by atoms with van der Waals surface area (Å²) in [5.41, 5.74) is 5.83. The van der Waals surface area contributed by atoms with E-state index < -0.39 is 0 Å². The molecule has 100 valence electrons. The highest BCUT2D eigenvalue weighted by Crippen LogP contribution is 2.22. The molecular formula is C16H24O2. The Morgan fingerprint density at radius 3 is 2.56 bits per heavy atom. The first-order chi connectivity index (χ1) is 8.76. The number of rotatable bonds is 5. The fourth-order valence-corrected chi connectivity index (χ4v) is 2.26. The second-order valence-corrected chi connectivity index (χ2v) is 4.72. The Bertz CT molecular complexity index is 336. The van der Waals surface area contributed by atoms with Gasteiger partial charge in [0.05, 0.1) is 13.0 Å². The zero-order valence-electron chi connectivity index (χ0n) is 11.5. The van der Waals surface area contributed by atoms with E-state index in [2.05, 4.69) is 12.3 Å². The Kier molecular flexibility index (Phi) is 7.20. The van der Waals surface area contributed by atoms with Crippen LogP contribution in [-0.4, -0.2) is 12.6 Å². The van der Waals surface area contributed by atoms with Crippen LogP contribution < -0.4 is 0 Å². The van der Waals surface area contributed by atoms with E-state index in [1.165, 1.54) is 31.3 Å². The molecule has 0 atom stereocenters. The standard InChI is InChI=1S/C16H24O2/c1-3-9-15(13-16(17)18-4-2)12-14-10-7-5-6-8-11-14/h3H,1,4-11,13H2,2H3. The summed E-state index contributed by atoms with van der Waals surface area (Å²) in [5.74, 6) is -0.156. The smallest absolute Gasteiger partial charge is 0.310 e. The van der Waals surface area contributed by atoms with Crippen molar-refractivity contribution >= 4 is 5.97 Å². The number of esters is 1. The molecule has 0 heterocycles. The van der Waals surface area contributed by atoms with Crippen molar-refractivity contribution in [1.82, 2.24) is 0 Å². The molecule has 0 radical (unpaired) electrons. The minimum atomic E-state index is -0.156. The summed E-state index contributed by atoms with van der Waals surface area (Å²) in [5, 5.41) is 0. The fourth-order valence-electron chi connectivity index (χ4n) is 2.26. The van der Waals surface area contributed by atoms with Crippen LogP contribution in [0, 0.1) is 0 Å². The maximum Gasteiger partial charge on any atom is 0.310 e. The first-order valence-corrected chi connectivity index (χ1v) is 6.99. The lowest BCUT2D eigenvalue weighted by Gasteiger charge is -2.04. The monoisotopic (exact) mass is 248 g/mol. The van der Waals surface area contributed by atoms with E-state index in [0.717, 1.165) is 24.8 Å². The average Bonchev–Trinajstić information content (AvgIpc) is 2.58. The summed E-state index contributed by atoms with van der Waals surface area (Å²) < 4.78 is 4.99. The van der Waals surface area contributed by atoms with E-state index in [0.29, 0.717) is 13.0 Å². The molecule has 1 rings (SSSR count). The van der Waals surface area contributed by atoms with Gasteiger partial charge in [0, 0.05) is 0 Å². The van der Waals surface area contributed by atoms with Crippen LogP contribution in [0.3, 0.4) is 0 Å². The highest BCUT2D eigenvalue weighted by Gasteiger charge is 2.07. The Morgan fingerprint density at radius 2 is 2.00 bits per heavy atom. The zero-order chi connectivity index (χ0) is 13.2. The van der Waals surface area contributed by atoms with Gasteiger partial charge in [0.2, 0.25) is 0 Å². The largest absolute Gasteiger partial charge is 0.466 e. The van der Waals surface area contributed by atoms with E-state index in [1.54, 1.807) is 0 Å². The third-order valence-corrected chi connectivity index (χ3v) is 3.11. The van der Waals surface area contributed by atoms with Crippen LogP contribution in [-0.2, 0) is 9.53 Å². The molecule has 1 aliphatic rings. The van der Waals surface area contributed by atoms with E-state index in [1.807, 2.05) is 13.0 Å². The van der Waals surface area contributed by atoms with Crippen molar-refractivity contribution < 1.29 is 9.53 Å². The summed E-state index contributed by atoms with van der Waals surface area (Å²) >= 11 is 0. The van der Waals surface area contributed by atoms with E-state index in [4.69, 9.17) is 4.74 Å². The van der Waals surface area contributed by atoms with E-state index >= 15 is 0 Å². The molecule has 1 aliphatic carbocycles. The first-order valence-electron chi connectivity index (χ1n) is 6.99. The van der Waals surface area contributed by atoms with Crippen molar-refractivity contribution in [2.75, 3.05) is 6.61 Å². The highest BCUT2D eigenvalue weighted by atomic mass is 16.5. The van der Waals surface area contributed by atoms with Gasteiger partial charge in [-0.2, -0.15) is 0 Å². The average molecular weight is 248 g/mol. The molecule has 0 N–H and O–H groups in total. The Balaban J connectivity index is 2.76. The van der Waals surface area contributed by atoms with Gasteiger partial charge >= 0.3 is 5.97 Å². The number of hydrogen-bond acceptors (Lipinski definition) is 2. The number of ether oxygens (including phenoxy) is 1. The number of carbonyl (C=O) groups is 1. The minimum absolute atomic E-state index is 0.156. The van der Waals surface area contributed by atoms with Gasteiger partial charge in [-0.15, -0.1) is 12.3 Å². The minimum Gasteiger partial charge on any atom is -0.466 e. The molecule has 2 heteroatoms. The quantitative estimate of drug-likeness (QED) is 0.313. The van der Waals surface area contributed by atoms with Crippen molar-refractivity contribution in [1.29, 1.82) is 0 Å². The SMILES string of the molecule is C=CCC(=C=C1CCCCCC1)CC(=O)OCC. The molecule has 0 aromatic rings. The summed E-state index contributed by atoms with van der Waals surface area (Å²) in [6, 6.07) is 0. The van der Waals surface area contributed by atoms with Gasteiger partial charge < -0.3 is 4.74 Å². The van der Waals surface area contributed by atoms with Crippen molar-refractivity contribution in [3.05, 3.63) is 29.5 Å². The van der Waals surface area contributed by atoms with Crippen molar-refractivity contribution in [2.45, 2.75) is 58.3 Å². The molecule has 0 saturated heterocycles. The lowest BCUT2D eigenvalue weighted by atomic mass is 10.0. The summed E-state index contributed by atoms with van der Waals surface area (Å²) in [6.07, 6.45) is 10.3. The van der Waals surface area contributed by atoms with Crippen LogP contribution in [0.1, 0.15) is 58.3 Å². The zero-order valence-corrected chi connectivity index (χ0v) is 11.5. The molecule has 0 aliphatic heterocycles. The highest BCUT2D eigenvalue weighted by molar-refractivity contribution is 5.72. The molecule has 0 aromatic heterocycles. The van der Waals surface area contributed by atoms with Crippen LogP contribution in [0.25, 0.3) is 0 Å². The molecule has 0 bridgehead atoms. The first kappa shape index (κ1) is 14.8. The van der Waals surface area contributed by atoms with Gasteiger partial charge in [-0.25, -0.2) is 0 Å². The van der Waals surface area contributed by atoms with Crippen LogP contribution in [0.5, 0.6) is 0 Å². The maximum atomic E-state index is 11.5. The van der Waals surface area contributed by atoms with Crippen LogP contribution >= 0.6 is 0 Å². The van der Waals surface area contributed by atoms with Gasteiger partial charge in [0.15, 0.2) is 0 Å². The molecule has 2 nitrogen and oxygen atoms in total. The third-order valence-electron chi connectivity index (χ3n) is 3.11. The summed E-state index contributed by atoms with van der Waals surface area (Å²) in [4.78, 5) is 11.5. The molecule has 18 heavy (non-hydrogen) atoms. The van der Waals surface area contributed by atoms with Gasteiger partial charge in [-0.1, -0.05) is 18.9 Å². The normalized spacial score (nSPS) is 15.5. The lowest BCUT2D eigenvalue weighted by Crippen LogP contribution is -2.04. The second-order valence-electron chi connectivity index (χ2n) is 4.72. The molecule has 1 saturated carbocycles. The van der Waals surface area contributed by atoms with Crippen LogP contribution in [0.15, 0.2) is 29.5 Å². The predicted molar refractivity (Wildman–Crippen MR) is 74.3 cm³/mol. The van der Waals surface area contributed by atoms with Crippen LogP contribution in [0.2, 0.25) is 0 Å². The molecular weight excluding hydrogens is 224 g/mol. The topological polar surface area (TPSA) is 26.3 Å². The number of hydrogen-bond donors (Lipinski definition) is 0. The Hall–Kier alpha value is -1.27. The molecule has 0 unspecified atom stereocenters. The number of allylic oxidation sites excluding steroid dienone is 1. The van der Waals surface area contributed by atoms with Gasteiger partial charge in [0.25, 0.3) is 0 Å². The van der Waals surface area contributed by atoms with E-state index in [9.17, 15) is 4.79 Å². The second kappa shape index (κ2) is 8.77. The molecule has 0 aromatic carbocycles. The van der Waals surface area contributed by atoms with Crippen LogP contribution in [0.4, 0.5) is 0 Å². The third kappa shape index (κ3) is 5.88. The molecule has 0 amide bonds. The lowest BCUT2D eigenvalue weighted by molar-refractivity contribution is -0.142. The maximum absolute atomic E-state index is 11.5. The number of carbonyl (C=O) groups excluding carboxylic acids is 1. The fraction of sp³-hybridized carbons (Fsp3) is 0.625. The Labute approximate surface area is 110 Å². The van der Waals surface area contributed by atoms with E-state index in [-0.39, 0.29) is 5.97 Å². The van der Waals surface area contributed by atoms with Gasteiger partial charge in [0.1, 0.15) is 0 Å². The molecule has 0 spiro atoms. The van der Waals surface area contributed by atoms with Crippen molar-refractivity contribution in [3.8, 4) is 0 Å². The predicted octanol–water partition coefficient (Wildman–Crippen LogP) is 4.32.